The van der Waals surface area contributed by atoms with Gasteiger partial charge in [-0.2, -0.15) is 5.10 Å². The van der Waals surface area contributed by atoms with Gasteiger partial charge in [0.15, 0.2) is 0 Å². The number of likely N-dealkylation sites (tertiary alicyclic amines) is 1. The maximum Gasteiger partial charge on any atom is 0.208 e. The van der Waals surface area contributed by atoms with Gasteiger partial charge in [-0.1, -0.05) is 18.2 Å². The van der Waals surface area contributed by atoms with Crippen LogP contribution in [0.3, 0.4) is 0 Å². The van der Waals surface area contributed by atoms with Crippen molar-refractivity contribution in [2.45, 2.75) is 25.6 Å². The Morgan fingerprint density at radius 2 is 2.08 bits per heavy atom. The van der Waals surface area contributed by atoms with E-state index in [1.54, 1.807) is 11.0 Å². The highest BCUT2D eigenvalue weighted by atomic mass is 32.2. The third-order valence-corrected chi connectivity index (χ3v) is 5.16. The van der Waals surface area contributed by atoms with Gasteiger partial charge in [-0.25, -0.2) is 17.8 Å². The molecule has 1 unspecified atom stereocenters. The van der Waals surface area contributed by atoms with E-state index < -0.39 is 10.0 Å². The molecule has 0 spiro atoms. The molecule has 1 atom stereocenters. The lowest BCUT2D eigenvalue weighted by Crippen LogP contribution is -2.47. The molecule has 3 rings (SSSR count). The van der Waals surface area contributed by atoms with Crippen LogP contribution in [0.1, 0.15) is 12.8 Å². The largest absolute Gasteiger partial charge is 0.283 e. The normalized spacial score (nSPS) is 19.5. The molecule has 1 aromatic carbocycles. The third-order valence-electron chi connectivity index (χ3n) is 3.99. The minimum Gasteiger partial charge on any atom is -0.283 e. The molecule has 0 aliphatic carbocycles. The van der Waals surface area contributed by atoms with Crippen LogP contribution >= 0.6 is 12.2 Å². The van der Waals surface area contributed by atoms with Gasteiger partial charge in [-0.15, -0.1) is 0 Å². The number of hydrogen-bond acceptors (Lipinski definition) is 5. The van der Waals surface area contributed by atoms with Gasteiger partial charge in [0, 0.05) is 24.8 Å². The molecule has 0 amide bonds. The van der Waals surface area contributed by atoms with E-state index in [2.05, 4.69) is 14.7 Å². The van der Waals surface area contributed by atoms with Crippen molar-refractivity contribution in [3.05, 3.63) is 41.4 Å². The number of sulfonamides is 1. The molecule has 0 saturated carbocycles. The first-order valence-corrected chi connectivity index (χ1v) is 10.1. The van der Waals surface area contributed by atoms with Crippen molar-refractivity contribution in [3.63, 3.8) is 0 Å². The average Bonchev–Trinajstić information content (AvgIpc) is 2.88. The van der Waals surface area contributed by atoms with Crippen molar-refractivity contribution in [1.29, 1.82) is 0 Å². The Morgan fingerprint density at radius 3 is 2.79 bits per heavy atom. The molecule has 1 aliphatic heterocycles. The zero-order chi connectivity index (χ0) is 17.2. The first-order chi connectivity index (χ1) is 11.4. The van der Waals surface area contributed by atoms with Crippen LogP contribution in [0.2, 0.25) is 0 Å². The Balaban J connectivity index is 1.70. The summed E-state index contributed by atoms with van der Waals surface area (Å²) in [6.45, 7) is 2.12. The quantitative estimate of drug-likeness (QED) is 0.808. The monoisotopic (exact) mass is 367 g/mol. The Hall–Kier alpha value is -1.55. The lowest BCUT2D eigenvalue weighted by atomic mass is 10.1. The fraction of sp³-hybridized carbons (Fsp3) is 0.467. The van der Waals surface area contributed by atoms with Crippen LogP contribution in [0.4, 0.5) is 0 Å². The van der Waals surface area contributed by atoms with Crippen LogP contribution in [-0.2, 0) is 16.7 Å². The molecule has 2 heterocycles. The molecule has 130 valence electrons. The summed E-state index contributed by atoms with van der Waals surface area (Å²) in [5.41, 5.74) is 0.976. The maximum atomic E-state index is 11.4. The predicted octanol–water partition coefficient (Wildman–Crippen LogP) is 1.37. The highest BCUT2D eigenvalue weighted by Gasteiger charge is 2.22. The van der Waals surface area contributed by atoms with Crippen molar-refractivity contribution in [1.82, 2.24) is 24.0 Å². The lowest BCUT2D eigenvalue weighted by Gasteiger charge is -2.32. The second kappa shape index (κ2) is 7.14. The first-order valence-electron chi connectivity index (χ1n) is 7.82. The predicted molar refractivity (Wildman–Crippen MR) is 95.0 cm³/mol. The molecule has 24 heavy (non-hydrogen) atoms. The Bertz CT molecular complexity index is 844. The van der Waals surface area contributed by atoms with Crippen molar-refractivity contribution >= 4 is 22.2 Å². The number of rotatable bonds is 5. The molecule has 1 N–H and O–H groups in total. The van der Waals surface area contributed by atoms with E-state index in [0.29, 0.717) is 18.0 Å². The summed E-state index contributed by atoms with van der Waals surface area (Å²) in [5.74, 6) is 0. The van der Waals surface area contributed by atoms with Crippen LogP contribution in [0, 0.1) is 4.77 Å². The van der Waals surface area contributed by atoms with Crippen LogP contribution in [-0.4, -0.2) is 53.1 Å². The number of aromatic nitrogens is 3. The van der Waals surface area contributed by atoms with Gasteiger partial charge in [0.05, 0.1) is 12.9 Å². The smallest absolute Gasteiger partial charge is 0.208 e. The summed E-state index contributed by atoms with van der Waals surface area (Å²) in [5, 5.41) is 4.38. The lowest BCUT2D eigenvalue weighted by molar-refractivity contribution is 0.152. The topological polar surface area (TPSA) is 72.2 Å². The number of piperidine rings is 1. The molecule has 7 nitrogen and oxygen atoms in total. The zero-order valence-electron chi connectivity index (χ0n) is 13.5. The fourth-order valence-electron chi connectivity index (χ4n) is 2.97. The van der Waals surface area contributed by atoms with E-state index in [-0.39, 0.29) is 6.04 Å². The molecule has 0 bridgehead atoms. The number of para-hydroxylation sites is 1. The van der Waals surface area contributed by atoms with E-state index in [4.69, 9.17) is 12.2 Å². The molecule has 1 aromatic heterocycles. The van der Waals surface area contributed by atoms with E-state index in [0.717, 1.165) is 25.1 Å². The number of benzene rings is 1. The van der Waals surface area contributed by atoms with E-state index >= 15 is 0 Å². The van der Waals surface area contributed by atoms with Crippen LogP contribution in [0.5, 0.6) is 0 Å². The molecule has 1 saturated heterocycles. The maximum absolute atomic E-state index is 11.4. The summed E-state index contributed by atoms with van der Waals surface area (Å²) in [6.07, 6.45) is 4.71. The number of hydrogen-bond donors (Lipinski definition) is 1. The van der Waals surface area contributed by atoms with E-state index in [1.807, 2.05) is 34.9 Å². The minimum absolute atomic E-state index is 0.0564. The Morgan fingerprint density at radius 1 is 1.33 bits per heavy atom. The van der Waals surface area contributed by atoms with Gasteiger partial charge >= 0.3 is 0 Å². The standard InChI is InChI=1S/C15H21N5O2S2/c1-24(21,22)17-13-6-5-9-18(10-13)12-20-15(23)19(11-16-20)14-7-3-2-4-8-14/h2-4,7-8,11,13,17H,5-6,9-10,12H2,1H3. The van der Waals surface area contributed by atoms with Crippen molar-refractivity contribution in [2.24, 2.45) is 0 Å². The van der Waals surface area contributed by atoms with Gasteiger partial charge in [0.2, 0.25) is 14.8 Å². The van der Waals surface area contributed by atoms with Crippen LogP contribution in [0.15, 0.2) is 36.7 Å². The first kappa shape index (κ1) is 17.3. The number of nitrogens with one attached hydrogen (secondary N) is 1. The summed E-state index contributed by atoms with van der Waals surface area (Å²) in [7, 11) is -3.18. The van der Waals surface area contributed by atoms with Gasteiger partial charge in [0.25, 0.3) is 0 Å². The molecule has 0 radical (unpaired) electrons. The zero-order valence-corrected chi connectivity index (χ0v) is 15.1. The minimum atomic E-state index is -3.18. The van der Waals surface area contributed by atoms with Gasteiger partial charge in [-0.05, 0) is 37.2 Å². The summed E-state index contributed by atoms with van der Waals surface area (Å²) in [4.78, 5) is 2.17. The van der Waals surface area contributed by atoms with E-state index in [1.165, 1.54) is 6.26 Å². The Labute approximate surface area is 147 Å². The molecular weight excluding hydrogens is 346 g/mol. The summed E-state index contributed by atoms with van der Waals surface area (Å²) in [6, 6.07) is 9.78. The van der Waals surface area contributed by atoms with Crippen LogP contribution in [0.25, 0.3) is 5.69 Å². The van der Waals surface area contributed by atoms with E-state index in [9.17, 15) is 8.42 Å². The highest BCUT2D eigenvalue weighted by molar-refractivity contribution is 7.88. The highest BCUT2D eigenvalue weighted by Crippen LogP contribution is 2.13. The van der Waals surface area contributed by atoms with Gasteiger partial charge in [0.1, 0.15) is 6.33 Å². The molecular formula is C15H21N5O2S2. The second-order valence-corrected chi connectivity index (χ2v) is 8.21. The molecule has 1 aliphatic rings. The summed E-state index contributed by atoms with van der Waals surface area (Å²) < 4.78 is 29.8. The molecule has 9 heteroatoms. The third kappa shape index (κ3) is 4.29. The Kier molecular flexibility index (Phi) is 5.14. The average molecular weight is 368 g/mol. The fourth-order valence-corrected chi connectivity index (χ4v) is 4.03. The van der Waals surface area contributed by atoms with Crippen molar-refractivity contribution in [2.75, 3.05) is 19.3 Å². The van der Waals surface area contributed by atoms with Gasteiger partial charge < -0.3 is 0 Å². The molecule has 2 aromatic rings. The second-order valence-electron chi connectivity index (χ2n) is 6.07. The molecule has 1 fully saturated rings. The van der Waals surface area contributed by atoms with Crippen LogP contribution < -0.4 is 4.72 Å². The number of nitrogens with zero attached hydrogens (tertiary/aromatic N) is 4. The van der Waals surface area contributed by atoms with Crippen molar-refractivity contribution in [3.8, 4) is 5.69 Å². The SMILES string of the molecule is CS(=O)(=O)NC1CCCN(Cn2ncn(-c3ccccc3)c2=S)C1. The van der Waals surface area contributed by atoms with Crippen molar-refractivity contribution < 1.29 is 8.42 Å². The van der Waals surface area contributed by atoms with Gasteiger partial charge in [-0.3, -0.25) is 9.47 Å². The summed E-state index contributed by atoms with van der Waals surface area (Å²) >= 11 is 5.52.